The van der Waals surface area contributed by atoms with E-state index in [9.17, 15) is 4.79 Å². The number of rotatable bonds is 5. The molecule has 0 aliphatic carbocycles. The minimum Gasteiger partial charge on any atom is -0.358 e. The maximum atomic E-state index is 12.3. The minimum absolute atomic E-state index is 0.0738. The number of aromatic nitrogens is 6. The van der Waals surface area contributed by atoms with Crippen molar-refractivity contribution in [2.75, 3.05) is 0 Å². The summed E-state index contributed by atoms with van der Waals surface area (Å²) in [5, 5.41) is 10.9. The van der Waals surface area contributed by atoms with Crippen LogP contribution in [0.3, 0.4) is 0 Å². The van der Waals surface area contributed by atoms with Gasteiger partial charge in [0.25, 0.3) is 0 Å². The van der Waals surface area contributed by atoms with Crippen molar-refractivity contribution in [1.29, 1.82) is 0 Å². The van der Waals surface area contributed by atoms with Crippen molar-refractivity contribution in [1.82, 2.24) is 35.5 Å². The van der Waals surface area contributed by atoms with Crippen LogP contribution in [0.5, 0.6) is 0 Å². The first kappa shape index (κ1) is 15.9. The van der Waals surface area contributed by atoms with Gasteiger partial charge in [-0.25, -0.2) is 9.97 Å². The third-order valence-electron chi connectivity index (χ3n) is 4.14. The van der Waals surface area contributed by atoms with E-state index in [1.54, 1.807) is 18.6 Å². The summed E-state index contributed by atoms with van der Waals surface area (Å²) in [5.74, 6) is 0.944. The van der Waals surface area contributed by atoms with E-state index in [-0.39, 0.29) is 12.5 Å². The average molecular weight is 347 g/mol. The zero-order valence-electron chi connectivity index (χ0n) is 14.2. The van der Waals surface area contributed by atoms with Crippen LogP contribution in [0.4, 0.5) is 0 Å². The van der Waals surface area contributed by atoms with Crippen LogP contribution < -0.4 is 5.32 Å². The predicted molar refractivity (Wildman–Crippen MR) is 96.0 cm³/mol. The van der Waals surface area contributed by atoms with E-state index in [2.05, 4.69) is 35.5 Å². The molecule has 0 saturated heterocycles. The molecular formula is C18H17N7O. The standard InChI is InChI=1S/C18H17N7O/c1-11-13(12-4-2-3-5-14(12)22-11)8-17(26)21-10-16-23-18(25-24-16)15-9-19-6-7-20-15/h2-7,9,22H,8,10H2,1H3,(H,21,26)(H,23,24,25). The lowest BCUT2D eigenvalue weighted by Gasteiger charge is -2.03. The van der Waals surface area contributed by atoms with Gasteiger partial charge in [-0.2, -0.15) is 5.10 Å². The Labute approximate surface area is 149 Å². The molecule has 0 bridgehead atoms. The molecule has 0 aliphatic rings. The number of hydrogen-bond donors (Lipinski definition) is 3. The number of para-hydroxylation sites is 1. The van der Waals surface area contributed by atoms with E-state index in [1.807, 2.05) is 31.2 Å². The number of aryl methyl sites for hydroxylation is 1. The molecule has 3 aromatic heterocycles. The Bertz CT molecular complexity index is 1050. The van der Waals surface area contributed by atoms with Gasteiger partial charge < -0.3 is 10.3 Å². The Morgan fingerprint density at radius 1 is 1.23 bits per heavy atom. The number of carbonyl (C=O) groups is 1. The summed E-state index contributed by atoms with van der Waals surface area (Å²) in [5.41, 5.74) is 3.63. The molecule has 0 atom stereocenters. The number of amides is 1. The van der Waals surface area contributed by atoms with Crippen molar-refractivity contribution >= 4 is 16.8 Å². The second-order valence-corrected chi connectivity index (χ2v) is 5.92. The first-order valence-corrected chi connectivity index (χ1v) is 8.21. The van der Waals surface area contributed by atoms with E-state index < -0.39 is 0 Å². The number of nitrogens with zero attached hydrogens (tertiary/aromatic N) is 4. The number of hydrogen-bond acceptors (Lipinski definition) is 5. The lowest BCUT2D eigenvalue weighted by atomic mass is 10.1. The maximum absolute atomic E-state index is 12.3. The average Bonchev–Trinajstić information content (AvgIpc) is 3.26. The Balaban J connectivity index is 1.41. The molecule has 8 heteroatoms. The van der Waals surface area contributed by atoms with Crippen molar-refractivity contribution in [3.05, 3.63) is 59.9 Å². The third kappa shape index (κ3) is 3.16. The van der Waals surface area contributed by atoms with E-state index in [1.165, 1.54) is 0 Å². The van der Waals surface area contributed by atoms with Crippen LogP contribution >= 0.6 is 0 Å². The smallest absolute Gasteiger partial charge is 0.224 e. The van der Waals surface area contributed by atoms with E-state index in [4.69, 9.17) is 0 Å². The van der Waals surface area contributed by atoms with Gasteiger partial charge in [0.1, 0.15) is 11.5 Å². The topological polar surface area (TPSA) is 112 Å². The molecule has 4 aromatic rings. The molecule has 0 radical (unpaired) electrons. The summed E-state index contributed by atoms with van der Waals surface area (Å²) in [6.45, 7) is 2.25. The minimum atomic E-state index is -0.0738. The van der Waals surface area contributed by atoms with E-state index in [0.717, 1.165) is 22.2 Å². The third-order valence-corrected chi connectivity index (χ3v) is 4.14. The predicted octanol–water partition coefficient (Wildman–Crippen LogP) is 1.91. The first-order valence-electron chi connectivity index (χ1n) is 8.21. The number of carbonyl (C=O) groups excluding carboxylic acids is 1. The molecule has 4 rings (SSSR count). The van der Waals surface area contributed by atoms with Crippen molar-refractivity contribution in [3.8, 4) is 11.5 Å². The van der Waals surface area contributed by atoms with Crippen LogP contribution in [-0.2, 0) is 17.8 Å². The summed E-state index contributed by atoms with van der Waals surface area (Å²) in [6, 6.07) is 7.97. The SMILES string of the molecule is Cc1[nH]c2ccccc2c1CC(=O)NCc1nc(-c2cnccn2)n[nH]1. The van der Waals surface area contributed by atoms with Crippen LogP contribution in [0.15, 0.2) is 42.9 Å². The van der Waals surface area contributed by atoms with Gasteiger partial charge in [0.05, 0.1) is 19.2 Å². The summed E-state index contributed by atoms with van der Waals surface area (Å²) in [6.07, 6.45) is 5.06. The van der Waals surface area contributed by atoms with Crippen LogP contribution in [0, 0.1) is 6.92 Å². The molecule has 0 spiro atoms. The van der Waals surface area contributed by atoms with Gasteiger partial charge >= 0.3 is 0 Å². The molecule has 130 valence electrons. The van der Waals surface area contributed by atoms with Crippen LogP contribution in [0.25, 0.3) is 22.4 Å². The molecule has 8 nitrogen and oxygen atoms in total. The van der Waals surface area contributed by atoms with Crippen LogP contribution in [0.2, 0.25) is 0 Å². The Morgan fingerprint density at radius 3 is 2.96 bits per heavy atom. The number of fused-ring (bicyclic) bond motifs is 1. The van der Waals surface area contributed by atoms with Gasteiger partial charge in [0.2, 0.25) is 11.7 Å². The highest BCUT2D eigenvalue weighted by Crippen LogP contribution is 2.22. The van der Waals surface area contributed by atoms with E-state index in [0.29, 0.717) is 23.8 Å². The molecule has 0 aliphatic heterocycles. The van der Waals surface area contributed by atoms with Crippen LogP contribution in [-0.4, -0.2) is 36.0 Å². The number of benzene rings is 1. The van der Waals surface area contributed by atoms with E-state index >= 15 is 0 Å². The van der Waals surface area contributed by atoms with Crippen molar-refractivity contribution in [3.63, 3.8) is 0 Å². The molecule has 3 heterocycles. The fourth-order valence-electron chi connectivity index (χ4n) is 2.87. The molecule has 3 N–H and O–H groups in total. The van der Waals surface area contributed by atoms with Gasteiger partial charge in [0.15, 0.2) is 0 Å². The number of nitrogens with one attached hydrogen (secondary N) is 3. The zero-order chi connectivity index (χ0) is 17.9. The normalized spacial score (nSPS) is 11.0. The lowest BCUT2D eigenvalue weighted by molar-refractivity contribution is -0.120. The Morgan fingerprint density at radius 2 is 2.12 bits per heavy atom. The summed E-state index contributed by atoms with van der Waals surface area (Å²) >= 11 is 0. The van der Waals surface area contributed by atoms with Crippen LogP contribution in [0.1, 0.15) is 17.1 Å². The Kier molecular flexibility index (Phi) is 4.14. The highest BCUT2D eigenvalue weighted by molar-refractivity contribution is 5.90. The molecule has 1 aromatic carbocycles. The molecule has 0 fully saturated rings. The zero-order valence-corrected chi connectivity index (χ0v) is 14.2. The Hall–Kier alpha value is -3.55. The monoisotopic (exact) mass is 347 g/mol. The summed E-state index contributed by atoms with van der Waals surface area (Å²) in [4.78, 5) is 28.1. The van der Waals surface area contributed by atoms with Crippen molar-refractivity contribution < 1.29 is 4.79 Å². The van der Waals surface area contributed by atoms with Gasteiger partial charge in [-0.15, -0.1) is 0 Å². The molecule has 26 heavy (non-hydrogen) atoms. The second kappa shape index (κ2) is 6.75. The number of H-pyrrole nitrogens is 2. The quantitative estimate of drug-likeness (QED) is 0.510. The highest BCUT2D eigenvalue weighted by atomic mass is 16.1. The molecular weight excluding hydrogens is 330 g/mol. The highest BCUT2D eigenvalue weighted by Gasteiger charge is 2.13. The molecule has 0 unspecified atom stereocenters. The maximum Gasteiger partial charge on any atom is 0.224 e. The first-order chi connectivity index (χ1) is 12.7. The largest absolute Gasteiger partial charge is 0.358 e. The molecule has 0 saturated carbocycles. The van der Waals surface area contributed by atoms with Crippen molar-refractivity contribution in [2.24, 2.45) is 0 Å². The number of aromatic amines is 2. The fraction of sp³-hybridized carbons (Fsp3) is 0.167. The summed E-state index contributed by atoms with van der Waals surface area (Å²) < 4.78 is 0. The second-order valence-electron chi connectivity index (χ2n) is 5.92. The lowest BCUT2D eigenvalue weighted by Crippen LogP contribution is -2.25. The molecule has 1 amide bonds. The van der Waals surface area contributed by atoms with Gasteiger partial charge in [-0.05, 0) is 18.6 Å². The summed E-state index contributed by atoms with van der Waals surface area (Å²) in [7, 11) is 0. The van der Waals surface area contributed by atoms with Crippen molar-refractivity contribution in [2.45, 2.75) is 19.9 Å². The fourth-order valence-corrected chi connectivity index (χ4v) is 2.87. The van der Waals surface area contributed by atoms with Gasteiger partial charge in [-0.3, -0.25) is 14.9 Å². The van der Waals surface area contributed by atoms with Gasteiger partial charge in [-0.1, -0.05) is 18.2 Å². The van der Waals surface area contributed by atoms with Gasteiger partial charge in [0, 0.05) is 29.0 Å².